The summed E-state index contributed by atoms with van der Waals surface area (Å²) < 4.78 is 5.84. The van der Waals surface area contributed by atoms with Gasteiger partial charge in [-0.25, -0.2) is 0 Å². The van der Waals surface area contributed by atoms with Gasteiger partial charge in [-0.15, -0.1) is 0 Å². The highest BCUT2D eigenvalue weighted by molar-refractivity contribution is 5.99. The molecule has 1 aromatic rings. The molecule has 2 aliphatic rings. The Morgan fingerprint density at radius 2 is 1.81 bits per heavy atom. The summed E-state index contributed by atoms with van der Waals surface area (Å²) in [6.07, 6.45) is 1.49. The third kappa shape index (κ3) is 7.68. The van der Waals surface area contributed by atoms with Gasteiger partial charge in [-0.05, 0) is 50.9 Å². The molecule has 4 amide bonds. The van der Waals surface area contributed by atoms with Crippen molar-refractivity contribution in [2.75, 3.05) is 46.4 Å². The first kappa shape index (κ1) is 27.4. The number of rotatable bonds is 2. The molecule has 0 aliphatic carbocycles. The van der Waals surface area contributed by atoms with Crippen molar-refractivity contribution in [2.24, 2.45) is 5.92 Å². The number of fused-ring (bicyclic) bond motifs is 1. The fourth-order valence-corrected chi connectivity index (χ4v) is 4.39. The largest absolute Gasteiger partial charge is 0.493 e. The third-order valence-corrected chi connectivity index (χ3v) is 6.57. The van der Waals surface area contributed by atoms with Crippen LogP contribution in [0.3, 0.4) is 0 Å². The van der Waals surface area contributed by atoms with Crippen LogP contribution >= 0.6 is 0 Å². The Balaban J connectivity index is 1.84. The molecule has 0 unspecified atom stereocenters. The molecular weight excluding hydrogens is 462 g/mol. The van der Waals surface area contributed by atoms with Gasteiger partial charge in [-0.3, -0.25) is 19.2 Å². The molecule has 3 N–H and O–H groups in total. The van der Waals surface area contributed by atoms with Crippen LogP contribution in [0.4, 0.5) is 0 Å². The molecule has 198 valence electrons. The molecular formula is C26H39N5O5. The van der Waals surface area contributed by atoms with Crippen LogP contribution in [0.1, 0.15) is 49.9 Å². The van der Waals surface area contributed by atoms with E-state index in [2.05, 4.69) is 20.9 Å². The van der Waals surface area contributed by atoms with Gasteiger partial charge < -0.3 is 30.5 Å². The van der Waals surface area contributed by atoms with Crippen molar-refractivity contribution < 1.29 is 23.9 Å². The van der Waals surface area contributed by atoms with Crippen LogP contribution in [0.25, 0.3) is 0 Å². The van der Waals surface area contributed by atoms with E-state index in [9.17, 15) is 19.2 Å². The number of carbonyl (C=O) groups excluding carboxylic acids is 4. The SMILES string of the molecule is CC(C)[C@H]1NC(=O)CC[C@@H](C(=O)N2CCCN(C)CC2)NC(=O)c2ccccc2OCCCNC1=O. The number of hydrogen-bond donors (Lipinski definition) is 3. The van der Waals surface area contributed by atoms with Crippen molar-refractivity contribution in [1.29, 1.82) is 0 Å². The van der Waals surface area contributed by atoms with Gasteiger partial charge in [-0.2, -0.15) is 0 Å². The molecule has 0 spiro atoms. The Hall–Kier alpha value is -3.14. The van der Waals surface area contributed by atoms with Gasteiger partial charge in [0.2, 0.25) is 17.7 Å². The summed E-state index contributed by atoms with van der Waals surface area (Å²) in [5.41, 5.74) is 0.325. The number of carbonyl (C=O) groups is 4. The number of benzene rings is 1. The minimum Gasteiger partial charge on any atom is -0.493 e. The van der Waals surface area contributed by atoms with Gasteiger partial charge in [0.15, 0.2) is 0 Å². The highest BCUT2D eigenvalue weighted by Crippen LogP contribution is 2.19. The maximum absolute atomic E-state index is 13.5. The Kier molecular flexibility index (Phi) is 10.1. The zero-order valence-corrected chi connectivity index (χ0v) is 21.5. The Bertz CT molecular complexity index is 937. The van der Waals surface area contributed by atoms with Crippen LogP contribution in [-0.2, 0) is 14.4 Å². The predicted molar refractivity (Wildman–Crippen MR) is 136 cm³/mol. The van der Waals surface area contributed by atoms with Gasteiger partial charge in [-0.1, -0.05) is 26.0 Å². The smallest absolute Gasteiger partial charge is 0.255 e. The highest BCUT2D eigenvalue weighted by atomic mass is 16.5. The summed E-state index contributed by atoms with van der Waals surface area (Å²) >= 11 is 0. The van der Waals surface area contributed by atoms with E-state index in [1.54, 1.807) is 29.2 Å². The molecule has 1 aromatic carbocycles. The maximum atomic E-state index is 13.5. The van der Waals surface area contributed by atoms with E-state index >= 15 is 0 Å². The van der Waals surface area contributed by atoms with Gasteiger partial charge >= 0.3 is 0 Å². The molecule has 0 aromatic heterocycles. The molecule has 1 fully saturated rings. The van der Waals surface area contributed by atoms with E-state index in [-0.39, 0.29) is 36.5 Å². The van der Waals surface area contributed by atoms with Gasteiger partial charge in [0.25, 0.3) is 5.91 Å². The number of amides is 4. The van der Waals surface area contributed by atoms with E-state index in [0.29, 0.717) is 44.0 Å². The number of hydrogen-bond acceptors (Lipinski definition) is 6. The minimum atomic E-state index is -0.876. The van der Waals surface area contributed by atoms with Crippen LogP contribution in [0.2, 0.25) is 0 Å². The summed E-state index contributed by atoms with van der Waals surface area (Å²) in [7, 11) is 2.02. The second kappa shape index (κ2) is 13.2. The zero-order chi connectivity index (χ0) is 26.1. The topological polar surface area (TPSA) is 120 Å². The second-order valence-corrected chi connectivity index (χ2v) is 9.83. The molecule has 0 bridgehead atoms. The van der Waals surface area contributed by atoms with Crippen LogP contribution in [0, 0.1) is 5.92 Å². The lowest BCUT2D eigenvalue weighted by Gasteiger charge is -2.27. The molecule has 2 aliphatic heterocycles. The quantitative estimate of drug-likeness (QED) is 0.551. The molecule has 10 heteroatoms. The van der Waals surface area contributed by atoms with Gasteiger partial charge in [0, 0.05) is 32.6 Å². The molecule has 1 saturated heterocycles. The van der Waals surface area contributed by atoms with Crippen molar-refractivity contribution in [3.05, 3.63) is 29.8 Å². The summed E-state index contributed by atoms with van der Waals surface area (Å²) in [5.74, 6) is -0.903. The standard InChI is InChI=1S/C26H39N5O5/c1-18(2)23-25(34)27-12-6-17-36-21-9-5-4-8-19(21)24(33)28-20(10-11-22(32)29-23)26(35)31-14-7-13-30(3)15-16-31/h4-5,8-9,18,20,23H,6-7,10-17H2,1-3H3,(H,27,34)(H,28,33)(H,29,32)/t20-,23+/m0/s1. The summed E-state index contributed by atoms with van der Waals surface area (Å²) in [4.78, 5) is 56.2. The average Bonchev–Trinajstić information content (AvgIpc) is 3.08. The van der Waals surface area contributed by atoms with E-state index in [1.807, 2.05) is 20.9 Å². The molecule has 0 saturated carbocycles. The Morgan fingerprint density at radius 1 is 1.03 bits per heavy atom. The van der Waals surface area contributed by atoms with Crippen molar-refractivity contribution >= 4 is 23.6 Å². The van der Waals surface area contributed by atoms with E-state index in [0.717, 1.165) is 19.5 Å². The van der Waals surface area contributed by atoms with Crippen molar-refractivity contribution in [3.63, 3.8) is 0 Å². The van der Waals surface area contributed by atoms with Crippen LogP contribution in [-0.4, -0.2) is 91.9 Å². The van der Waals surface area contributed by atoms with Crippen LogP contribution in [0.5, 0.6) is 5.75 Å². The van der Waals surface area contributed by atoms with Crippen molar-refractivity contribution in [2.45, 2.75) is 51.6 Å². The summed E-state index contributed by atoms with van der Waals surface area (Å²) in [6, 6.07) is 5.32. The highest BCUT2D eigenvalue weighted by Gasteiger charge is 2.30. The fourth-order valence-electron chi connectivity index (χ4n) is 4.39. The molecule has 10 nitrogen and oxygen atoms in total. The summed E-state index contributed by atoms with van der Waals surface area (Å²) in [5, 5.41) is 8.52. The number of nitrogens with zero attached hydrogens (tertiary/aromatic N) is 2. The van der Waals surface area contributed by atoms with Crippen LogP contribution in [0.15, 0.2) is 24.3 Å². The lowest BCUT2D eigenvalue weighted by Crippen LogP contribution is -2.52. The fraction of sp³-hybridized carbons (Fsp3) is 0.615. The van der Waals surface area contributed by atoms with E-state index in [4.69, 9.17) is 4.74 Å². The predicted octanol–water partition coefficient (Wildman–Crippen LogP) is 0.769. The first-order chi connectivity index (χ1) is 17.3. The normalized spacial score (nSPS) is 23.6. The van der Waals surface area contributed by atoms with Gasteiger partial charge in [0.05, 0.1) is 12.2 Å². The number of para-hydroxylation sites is 1. The number of nitrogens with one attached hydrogen (secondary N) is 3. The van der Waals surface area contributed by atoms with Gasteiger partial charge in [0.1, 0.15) is 17.8 Å². The zero-order valence-electron chi connectivity index (χ0n) is 21.5. The first-order valence-electron chi connectivity index (χ1n) is 12.8. The van der Waals surface area contributed by atoms with E-state index in [1.165, 1.54) is 0 Å². The molecule has 2 heterocycles. The molecule has 0 radical (unpaired) electrons. The first-order valence-corrected chi connectivity index (χ1v) is 12.8. The minimum absolute atomic E-state index is 0.000916. The molecule has 2 atom stereocenters. The lowest BCUT2D eigenvalue weighted by atomic mass is 10.0. The maximum Gasteiger partial charge on any atom is 0.255 e. The number of ether oxygens (including phenoxy) is 1. The van der Waals surface area contributed by atoms with Crippen molar-refractivity contribution in [3.8, 4) is 5.75 Å². The summed E-state index contributed by atoms with van der Waals surface area (Å²) in [6.45, 7) is 7.21. The average molecular weight is 502 g/mol. The lowest BCUT2D eigenvalue weighted by molar-refractivity contribution is -0.134. The van der Waals surface area contributed by atoms with Crippen molar-refractivity contribution in [1.82, 2.24) is 25.8 Å². The number of likely N-dealkylation sites (N-methyl/N-ethyl adjacent to an activating group) is 1. The molecule has 36 heavy (non-hydrogen) atoms. The van der Waals surface area contributed by atoms with E-state index < -0.39 is 18.0 Å². The second-order valence-electron chi connectivity index (χ2n) is 9.83. The van der Waals surface area contributed by atoms with Crippen LogP contribution < -0.4 is 20.7 Å². The Morgan fingerprint density at radius 3 is 2.58 bits per heavy atom. The third-order valence-electron chi connectivity index (χ3n) is 6.57. The Labute approximate surface area is 213 Å². The molecule has 3 rings (SSSR count). The monoisotopic (exact) mass is 501 g/mol.